The second kappa shape index (κ2) is 8.63. The number of aryl methyl sites for hydroxylation is 1. The molecule has 0 amide bonds. The first-order valence-electron chi connectivity index (χ1n) is 10.2. The molecule has 0 aliphatic carbocycles. The Morgan fingerprint density at radius 3 is 3.00 bits per heavy atom. The van der Waals surface area contributed by atoms with Gasteiger partial charge in [0.05, 0.1) is 12.3 Å². The van der Waals surface area contributed by atoms with Gasteiger partial charge < -0.3 is 14.2 Å². The van der Waals surface area contributed by atoms with Gasteiger partial charge in [0.2, 0.25) is 0 Å². The zero-order valence-corrected chi connectivity index (χ0v) is 17.8. The predicted octanol–water partition coefficient (Wildman–Crippen LogP) is 3.48. The molecule has 1 atom stereocenters. The maximum Gasteiger partial charge on any atom is 0.331 e. The van der Waals surface area contributed by atoms with Gasteiger partial charge in [-0.2, -0.15) is 0 Å². The summed E-state index contributed by atoms with van der Waals surface area (Å²) in [5.41, 5.74) is 3.43. The van der Waals surface area contributed by atoms with Crippen LogP contribution in [0, 0.1) is 6.92 Å². The molecule has 7 nitrogen and oxygen atoms in total. The number of aromatic nitrogens is 2. The zero-order chi connectivity index (χ0) is 22.0. The highest BCUT2D eigenvalue weighted by Gasteiger charge is 2.21. The number of nitrogens with zero attached hydrogens (tertiary/aromatic N) is 2. The number of ether oxygens (including phenoxy) is 3. The van der Waals surface area contributed by atoms with E-state index >= 15 is 0 Å². The first-order chi connectivity index (χ1) is 14.9. The molecule has 0 N–H and O–H groups in total. The van der Waals surface area contributed by atoms with Crippen molar-refractivity contribution in [3.63, 3.8) is 0 Å². The van der Waals surface area contributed by atoms with Crippen LogP contribution in [0.3, 0.4) is 0 Å². The summed E-state index contributed by atoms with van der Waals surface area (Å²) in [5.74, 6) is 0.965. The Hall–Kier alpha value is -3.61. The molecule has 0 spiro atoms. The van der Waals surface area contributed by atoms with Gasteiger partial charge >= 0.3 is 5.97 Å². The quantitative estimate of drug-likeness (QED) is 0.449. The third-order valence-electron chi connectivity index (χ3n) is 5.03. The van der Waals surface area contributed by atoms with Gasteiger partial charge in [-0.25, -0.2) is 9.78 Å². The van der Waals surface area contributed by atoms with Gasteiger partial charge in [0, 0.05) is 35.9 Å². The number of esters is 1. The molecular weight excluding hydrogens is 396 g/mol. The summed E-state index contributed by atoms with van der Waals surface area (Å²) in [5, 5.41) is 0. The molecule has 3 heterocycles. The monoisotopic (exact) mass is 420 g/mol. The van der Waals surface area contributed by atoms with Crippen molar-refractivity contribution >= 4 is 17.7 Å². The van der Waals surface area contributed by atoms with Crippen LogP contribution in [0.4, 0.5) is 0 Å². The molecular formula is C24H24N2O5. The van der Waals surface area contributed by atoms with Gasteiger partial charge in [0.1, 0.15) is 29.9 Å². The third-order valence-corrected chi connectivity index (χ3v) is 5.03. The van der Waals surface area contributed by atoms with Gasteiger partial charge in [-0.1, -0.05) is 6.07 Å². The molecule has 1 aliphatic heterocycles. The van der Waals surface area contributed by atoms with Gasteiger partial charge in [0.25, 0.3) is 5.56 Å². The van der Waals surface area contributed by atoms with Crippen molar-refractivity contribution in [3.8, 4) is 11.5 Å². The zero-order valence-electron chi connectivity index (χ0n) is 17.8. The van der Waals surface area contributed by atoms with Gasteiger partial charge in [0.15, 0.2) is 0 Å². The maximum atomic E-state index is 12.3. The minimum Gasteiger partial charge on any atom is -0.493 e. The molecule has 0 bridgehead atoms. The summed E-state index contributed by atoms with van der Waals surface area (Å²) in [6, 6.07) is 8.87. The Labute approximate surface area is 179 Å². The molecule has 0 saturated carbocycles. The minimum absolute atomic E-state index is 0.0909. The summed E-state index contributed by atoms with van der Waals surface area (Å²) >= 11 is 0. The van der Waals surface area contributed by atoms with E-state index in [1.54, 1.807) is 18.3 Å². The predicted molar refractivity (Wildman–Crippen MR) is 116 cm³/mol. The molecule has 160 valence electrons. The molecule has 0 saturated heterocycles. The summed E-state index contributed by atoms with van der Waals surface area (Å²) in [6.45, 7) is 6.23. The molecule has 2 aromatic heterocycles. The van der Waals surface area contributed by atoms with Crippen molar-refractivity contribution in [2.24, 2.45) is 0 Å². The minimum atomic E-state index is -0.538. The first kappa shape index (κ1) is 20.7. The Morgan fingerprint density at radius 2 is 2.19 bits per heavy atom. The molecule has 3 aromatic rings. The number of benzene rings is 1. The van der Waals surface area contributed by atoms with Crippen molar-refractivity contribution in [2.75, 3.05) is 6.61 Å². The average Bonchev–Trinajstić information content (AvgIpc) is 3.10. The summed E-state index contributed by atoms with van der Waals surface area (Å²) in [4.78, 5) is 29.0. The van der Waals surface area contributed by atoms with Crippen molar-refractivity contribution in [1.29, 1.82) is 0 Å². The van der Waals surface area contributed by atoms with E-state index < -0.39 is 5.97 Å². The van der Waals surface area contributed by atoms with Crippen LogP contribution in [-0.2, 0) is 22.6 Å². The van der Waals surface area contributed by atoms with E-state index in [0.29, 0.717) is 23.7 Å². The fourth-order valence-electron chi connectivity index (χ4n) is 3.60. The first-order valence-corrected chi connectivity index (χ1v) is 10.2. The highest BCUT2D eigenvalue weighted by molar-refractivity contribution is 5.87. The Kier molecular flexibility index (Phi) is 5.75. The third kappa shape index (κ3) is 4.45. The number of fused-ring (bicyclic) bond motifs is 2. The second-order valence-electron chi connectivity index (χ2n) is 7.47. The second-order valence-corrected chi connectivity index (χ2v) is 7.47. The van der Waals surface area contributed by atoms with Crippen molar-refractivity contribution in [1.82, 2.24) is 9.38 Å². The van der Waals surface area contributed by atoms with Crippen LogP contribution < -0.4 is 15.0 Å². The summed E-state index contributed by atoms with van der Waals surface area (Å²) in [7, 11) is 0. The fraction of sp³-hybridized carbons (Fsp3) is 0.292. The lowest BCUT2D eigenvalue weighted by atomic mass is 10.1. The Morgan fingerprint density at radius 1 is 1.35 bits per heavy atom. The molecule has 7 heteroatoms. The van der Waals surface area contributed by atoms with Gasteiger partial charge in [-0.3, -0.25) is 9.20 Å². The highest BCUT2D eigenvalue weighted by atomic mass is 16.5. The lowest BCUT2D eigenvalue weighted by molar-refractivity contribution is -0.139. The molecule has 1 aromatic carbocycles. The van der Waals surface area contributed by atoms with Crippen LogP contribution >= 0.6 is 0 Å². The number of pyridine rings is 1. The van der Waals surface area contributed by atoms with Crippen molar-refractivity contribution in [2.45, 2.75) is 39.9 Å². The standard InChI is InChI=1S/C24H24N2O5/c1-4-29-20-12-18-10-16(3)31-21(18)11-17(20)7-8-23(28)30-14-19-13-22(27)26-9-5-6-15(2)24(26)25-19/h5-9,11-13,16H,4,10,14H2,1-3H3/b8-7+/t16-/m1/s1. The lowest BCUT2D eigenvalue weighted by Crippen LogP contribution is -2.17. The van der Waals surface area contributed by atoms with Crippen LogP contribution in [0.25, 0.3) is 11.7 Å². The topological polar surface area (TPSA) is 79.1 Å². The van der Waals surface area contributed by atoms with Crippen LogP contribution in [0.1, 0.15) is 36.2 Å². The van der Waals surface area contributed by atoms with Crippen LogP contribution in [0.5, 0.6) is 11.5 Å². The summed E-state index contributed by atoms with van der Waals surface area (Å²) < 4.78 is 18.3. The van der Waals surface area contributed by atoms with Gasteiger partial charge in [-0.15, -0.1) is 0 Å². The highest BCUT2D eigenvalue weighted by Crippen LogP contribution is 2.35. The van der Waals surface area contributed by atoms with E-state index in [4.69, 9.17) is 14.2 Å². The number of rotatable bonds is 6. The molecule has 0 fully saturated rings. The molecule has 0 radical (unpaired) electrons. The molecule has 4 rings (SSSR count). The average molecular weight is 420 g/mol. The van der Waals surface area contributed by atoms with Crippen molar-refractivity contribution in [3.05, 3.63) is 75.3 Å². The number of carbonyl (C=O) groups excluding carboxylic acids is 1. The van der Waals surface area contributed by atoms with Crippen LogP contribution in [0.15, 0.2) is 47.4 Å². The van der Waals surface area contributed by atoms with E-state index in [9.17, 15) is 9.59 Å². The van der Waals surface area contributed by atoms with Crippen LogP contribution in [-0.4, -0.2) is 28.1 Å². The van der Waals surface area contributed by atoms with E-state index in [0.717, 1.165) is 28.9 Å². The fourth-order valence-corrected chi connectivity index (χ4v) is 3.60. The number of hydrogen-bond donors (Lipinski definition) is 0. The Balaban J connectivity index is 1.48. The van der Waals surface area contributed by atoms with E-state index in [-0.39, 0.29) is 18.3 Å². The number of carbonyl (C=O) groups is 1. The van der Waals surface area contributed by atoms with E-state index in [1.807, 2.05) is 39.0 Å². The SMILES string of the molecule is CCOc1cc2c(cc1/C=C/C(=O)OCc1cc(=O)n3cccc(C)c3n1)O[C@H](C)C2. The lowest BCUT2D eigenvalue weighted by Gasteiger charge is -2.10. The largest absolute Gasteiger partial charge is 0.493 e. The molecule has 31 heavy (non-hydrogen) atoms. The van der Waals surface area contributed by atoms with Crippen molar-refractivity contribution < 1.29 is 19.0 Å². The maximum absolute atomic E-state index is 12.3. The smallest absolute Gasteiger partial charge is 0.331 e. The van der Waals surface area contributed by atoms with E-state index in [1.165, 1.54) is 16.5 Å². The molecule has 0 unspecified atom stereocenters. The molecule has 1 aliphatic rings. The van der Waals surface area contributed by atoms with Gasteiger partial charge in [-0.05, 0) is 50.6 Å². The van der Waals surface area contributed by atoms with Crippen LogP contribution in [0.2, 0.25) is 0 Å². The van der Waals surface area contributed by atoms with E-state index in [2.05, 4.69) is 4.98 Å². The summed E-state index contributed by atoms with van der Waals surface area (Å²) in [6.07, 6.45) is 5.59. The Bertz CT molecular complexity index is 1230. The number of hydrogen-bond acceptors (Lipinski definition) is 6. The normalized spacial score (nSPS) is 15.1.